The number of nitrogens with zero attached hydrogens (tertiary/aromatic N) is 2. The zero-order chi connectivity index (χ0) is 14.5. The first kappa shape index (κ1) is 14.6. The lowest BCUT2D eigenvalue weighted by atomic mass is 10.3. The number of hydrazine groups is 1. The van der Waals surface area contributed by atoms with Crippen LogP contribution >= 0.6 is 11.3 Å². The van der Waals surface area contributed by atoms with Crippen LogP contribution in [-0.2, 0) is 17.8 Å². The van der Waals surface area contributed by atoms with Crippen molar-refractivity contribution in [2.45, 2.75) is 6.54 Å². The quantitative estimate of drug-likeness (QED) is 0.247. The topological polar surface area (TPSA) is 155 Å². The van der Waals surface area contributed by atoms with Crippen molar-refractivity contribution in [2.75, 3.05) is 0 Å². The number of rotatable bonds is 6. The summed E-state index contributed by atoms with van der Waals surface area (Å²) >= 11 is -1.10. The lowest BCUT2D eigenvalue weighted by Gasteiger charge is -2.06. The first-order chi connectivity index (χ1) is 9.54. The van der Waals surface area contributed by atoms with Gasteiger partial charge in [0.2, 0.25) is 5.13 Å². The number of guanidine groups is 1. The van der Waals surface area contributed by atoms with Crippen molar-refractivity contribution >= 4 is 33.7 Å². The molecule has 0 bridgehead atoms. The van der Waals surface area contributed by atoms with E-state index in [9.17, 15) is 8.76 Å². The van der Waals surface area contributed by atoms with Gasteiger partial charge in [0.25, 0.3) is 0 Å². The highest BCUT2D eigenvalue weighted by atomic mass is 32.2. The highest BCUT2D eigenvalue weighted by Crippen LogP contribution is 2.27. The first-order valence-corrected chi connectivity index (χ1v) is 7.22. The normalized spacial score (nSPS) is 12.2. The van der Waals surface area contributed by atoms with Crippen LogP contribution in [-0.4, -0.2) is 19.7 Å². The van der Waals surface area contributed by atoms with E-state index in [1.807, 2.05) is 4.83 Å². The van der Waals surface area contributed by atoms with Crippen LogP contribution in [0.15, 0.2) is 26.9 Å². The molecule has 0 fully saturated rings. The number of thiazole rings is 1. The summed E-state index contributed by atoms with van der Waals surface area (Å²) in [6.45, 7) is 0.207. The molecule has 2 rings (SSSR count). The fourth-order valence-electron chi connectivity index (χ4n) is 1.33. The van der Waals surface area contributed by atoms with Gasteiger partial charge in [0.1, 0.15) is 11.5 Å². The van der Waals surface area contributed by atoms with Crippen LogP contribution in [0.3, 0.4) is 0 Å². The van der Waals surface area contributed by atoms with E-state index >= 15 is 0 Å². The van der Waals surface area contributed by atoms with Gasteiger partial charge in [0, 0.05) is 16.6 Å². The summed E-state index contributed by atoms with van der Waals surface area (Å²) < 4.78 is 26.0. The molecule has 1 atom stereocenters. The maximum Gasteiger partial charge on any atom is 0.212 e. The zero-order valence-corrected chi connectivity index (χ0v) is 11.7. The van der Waals surface area contributed by atoms with Gasteiger partial charge in [-0.15, -0.1) is 11.3 Å². The molecule has 0 saturated heterocycles. The number of aliphatic imine (C=N–C) groups is 1. The Kier molecular flexibility index (Phi) is 4.81. The van der Waals surface area contributed by atoms with Gasteiger partial charge in [0.15, 0.2) is 11.7 Å². The maximum atomic E-state index is 10.3. The minimum absolute atomic E-state index is 0.0630. The molecule has 0 amide bonds. The minimum Gasteiger partial charge on any atom is -0.759 e. The van der Waals surface area contributed by atoms with Crippen molar-refractivity contribution in [3.8, 4) is 11.5 Å². The highest BCUT2D eigenvalue weighted by molar-refractivity contribution is 7.76. The van der Waals surface area contributed by atoms with E-state index in [1.165, 1.54) is 11.3 Å². The van der Waals surface area contributed by atoms with Gasteiger partial charge in [-0.1, -0.05) is 0 Å². The Morgan fingerprint density at radius 1 is 1.55 bits per heavy atom. The number of hydrogen-bond donors (Lipinski definition) is 4. The smallest absolute Gasteiger partial charge is 0.212 e. The lowest BCUT2D eigenvalue weighted by molar-refractivity contribution is 0.468. The largest absolute Gasteiger partial charge is 0.759 e. The molecule has 0 saturated carbocycles. The monoisotopic (exact) mass is 315 g/mol. The van der Waals surface area contributed by atoms with Crippen LogP contribution < -0.4 is 21.7 Å². The zero-order valence-electron chi connectivity index (χ0n) is 10.0. The second-order valence-electron chi connectivity index (χ2n) is 3.51. The van der Waals surface area contributed by atoms with Gasteiger partial charge in [-0.2, -0.15) is 9.82 Å². The minimum atomic E-state index is -2.37. The van der Waals surface area contributed by atoms with Crippen LogP contribution in [0.2, 0.25) is 0 Å². The molecule has 1 unspecified atom stereocenters. The van der Waals surface area contributed by atoms with Crippen molar-refractivity contribution in [1.82, 2.24) is 15.2 Å². The Morgan fingerprint density at radius 3 is 3.05 bits per heavy atom. The number of furan rings is 1. The molecular weight excluding hydrogens is 304 g/mol. The van der Waals surface area contributed by atoms with Crippen molar-refractivity contribution in [2.24, 2.45) is 16.5 Å². The molecule has 20 heavy (non-hydrogen) atoms. The lowest BCUT2D eigenvalue weighted by Crippen LogP contribution is -2.32. The molecule has 9 nitrogen and oxygen atoms in total. The van der Waals surface area contributed by atoms with E-state index in [2.05, 4.69) is 15.4 Å². The van der Waals surface area contributed by atoms with Crippen LogP contribution in [0.4, 0.5) is 5.13 Å². The molecule has 0 spiro atoms. The fourth-order valence-corrected chi connectivity index (χ4v) is 2.22. The molecule has 11 heteroatoms. The molecule has 0 aliphatic rings. The Balaban J connectivity index is 2.03. The van der Waals surface area contributed by atoms with E-state index in [1.54, 1.807) is 17.5 Å². The van der Waals surface area contributed by atoms with Crippen LogP contribution in [0, 0.1) is 0 Å². The van der Waals surface area contributed by atoms with Crippen molar-refractivity contribution in [1.29, 1.82) is 0 Å². The second-order valence-corrected chi connectivity index (χ2v) is 5.02. The summed E-state index contributed by atoms with van der Waals surface area (Å²) in [4.78, 5) is 10.0. The number of aromatic nitrogens is 1. The maximum absolute atomic E-state index is 10.3. The third kappa shape index (κ3) is 4.11. The first-order valence-electron chi connectivity index (χ1n) is 5.26. The van der Waals surface area contributed by atoms with Gasteiger partial charge in [0.05, 0.1) is 6.54 Å². The van der Waals surface area contributed by atoms with Crippen LogP contribution in [0.25, 0.3) is 11.5 Å². The molecule has 2 aromatic heterocycles. The summed E-state index contributed by atoms with van der Waals surface area (Å²) in [5, 5.41) is 2.18. The molecule has 0 aliphatic heterocycles. The van der Waals surface area contributed by atoms with Gasteiger partial charge in [-0.05, 0) is 12.1 Å². The third-order valence-corrected chi connectivity index (χ3v) is 3.09. The summed E-state index contributed by atoms with van der Waals surface area (Å²) in [6.07, 6.45) is 0. The van der Waals surface area contributed by atoms with E-state index in [-0.39, 0.29) is 12.5 Å². The molecule has 6 N–H and O–H groups in total. The van der Waals surface area contributed by atoms with Crippen LogP contribution in [0.5, 0.6) is 0 Å². The fraction of sp³-hybridized carbons (Fsp3) is 0.111. The van der Waals surface area contributed by atoms with Crippen LogP contribution in [0.1, 0.15) is 5.76 Å². The number of hydrogen-bond acceptors (Lipinski definition) is 7. The Bertz CT molecular complexity index is 633. The van der Waals surface area contributed by atoms with E-state index in [0.29, 0.717) is 22.3 Å². The molecule has 0 radical (unpaired) electrons. The Hall–Kier alpha value is -1.79. The van der Waals surface area contributed by atoms with E-state index < -0.39 is 11.3 Å². The highest BCUT2D eigenvalue weighted by Gasteiger charge is 2.09. The summed E-state index contributed by atoms with van der Waals surface area (Å²) in [5.74, 6) is 1.03. The summed E-state index contributed by atoms with van der Waals surface area (Å²) in [7, 11) is 0. The number of nitrogens with one attached hydrogen (secondary N) is 2. The molecule has 108 valence electrons. The molecule has 0 aliphatic carbocycles. The standard InChI is InChI=1S/C9H12N6O3S2/c10-8(11)14-9-13-6(4-19-9)7-2-1-5(18-7)3-12-15-20(16)17/h1-2,4,12,15H,3H2,(H,16,17)(H4,10,11,13,14)/p-1. The van der Waals surface area contributed by atoms with Gasteiger partial charge in [-0.25, -0.2) is 10.4 Å². The van der Waals surface area contributed by atoms with E-state index in [0.717, 1.165) is 0 Å². The molecule has 2 aromatic rings. The van der Waals surface area contributed by atoms with E-state index in [4.69, 9.17) is 15.9 Å². The molecular formula is C9H11N6O3S2-. The van der Waals surface area contributed by atoms with Crippen molar-refractivity contribution in [3.05, 3.63) is 23.3 Å². The average Bonchev–Trinajstić information content (AvgIpc) is 2.96. The average molecular weight is 315 g/mol. The summed E-state index contributed by atoms with van der Waals surface area (Å²) in [6, 6.07) is 3.43. The number of nitrogens with two attached hydrogens (primary N) is 2. The Labute approximate surface area is 120 Å². The summed E-state index contributed by atoms with van der Waals surface area (Å²) in [5.41, 5.74) is 13.6. The van der Waals surface area contributed by atoms with Gasteiger partial charge < -0.3 is 20.4 Å². The molecule has 2 heterocycles. The van der Waals surface area contributed by atoms with Gasteiger partial charge >= 0.3 is 0 Å². The predicted octanol–water partition coefficient (Wildman–Crippen LogP) is -0.304. The second kappa shape index (κ2) is 6.58. The molecule has 0 aromatic carbocycles. The van der Waals surface area contributed by atoms with Crippen molar-refractivity contribution < 1.29 is 13.2 Å². The van der Waals surface area contributed by atoms with Gasteiger partial charge in [-0.3, -0.25) is 4.21 Å². The Morgan fingerprint density at radius 2 is 2.35 bits per heavy atom. The third-order valence-electron chi connectivity index (χ3n) is 2.05. The van der Waals surface area contributed by atoms with Crippen molar-refractivity contribution in [3.63, 3.8) is 0 Å². The predicted molar refractivity (Wildman–Crippen MR) is 74.2 cm³/mol. The SMILES string of the molecule is NC(N)=Nc1nc(-c2ccc(CNNS(=O)[O-])o2)cs1.